The number of hydrogen-bond donors (Lipinski definition) is 0. The van der Waals surface area contributed by atoms with Crippen molar-refractivity contribution in [1.29, 1.82) is 0 Å². The first-order valence-electron chi connectivity index (χ1n) is 7.02. The summed E-state index contributed by atoms with van der Waals surface area (Å²) < 4.78 is 11.1. The van der Waals surface area contributed by atoms with Crippen LogP contribution in [0.15, 0.2) is 24.3 Å². The highest BCUT2D eigenvalue weighted by molar-refractivity contribution is 5.92. The van der Waals surface area contributed by atoms with Crippen molar-refractivity contribution in [2.45, 2.75) is 44.8 Å². The minimum atomic E-state index is -0.119. The van der Waals surface area contributed by atoms with Gasteiger partial charge in [-0.15, -0.1) is 0 Å². The molecule has 3 rings (SSSR count). The minimum absolute atomic E-state index is 0.119. The van der Waals surface area contributed by atoms with Gasteiger partial charge in [-0.1, -0.05) is 25.0 Å². The molecule has 1 aromatic rings. The molecule has 1 atom stereocenters. The molecule has 1 aromatic carbocycles. The standard InChI is InChI=1S/C16H20O3/c1-18-13-6-4-12(5-7-13)11-19-15-10-14(17)16(15)8-2-3-9-16/h4-7,15H,2-3,8-11H2,1H3. The maximum atomic E-state index is 11.9. The van der Waals surface area contributed by atoms with Gasteiger partial charge in [0, 0.05) is 6.42 Å². The molecule has 19 heavy (non-hydrogen) atoms. The van der Waals surface area contributed by atoms with Crippen molar-refractivity contribution in [3.63, 3.8) is 0 Å². The molecule has 0 amide bonds. The summed E-state index contributed by atoms with van der Waals surface area (Å²) >= 11 is 0. The third-order valence-corrected chi connectivity index (χ3v) is 4.65. The second-order valence-corrected chi connectivity index (χ2v) is 5.64. The first kappa shape index (κ1) is 12.7. The van der Waals surface area contributed by atoms with Crippen molar-refractivity contribution in [2.75, 3.05) is 7.11 Å². The molecule has 0 radical (unpaired) electrons. The number of methoxy groups -OCH3 is 1. The van der Waals surface area contributed by atoms with Crippen LogP contribution in [0.25, 0.3) is 0 Å². The molecule has 0 bridgehead atoms. The molecule has 1 spiro atoms. The summed E-state index contributed by atoms with van der Waals surface area (Å²) in [6.07, 6.45) is 5.15. The summed E-state index contributed by atoms with van der Waals surface area (Å²) in [6.45, 7) is 0.587. The largest absolute Gasteiger partial charge is 0.497 e. The fraction of sp³-hybridized carbons (Fsp3) is 0.562. The Morgan fingerprint density at radius 3 is 2.47 bits per heavy atom. The van der Waals surface area contributed by atoms with Crippen LogP contribution in [0, 0.1) is 5.41 Å². The Labute approximate surface area is 113 Å². The van der Waals surface area contributed by atoms with E-state index in [9.17, 15) is 4.79 Å². The second-order valence-electron chi connectivity index (χ2n) is 5.64. The van der Waals surface area contributed by atoms with E-state index in [0.29, 0.717) is 18.8 Å². The molecule has 1 unspecified atom stereocenters. The van der Waals surface area contributed by atoms with E-state index >= 15 is 0 Å². The summed E-state index contributed by atoms with van der Waals surface area (Å²) in [5, 5.41) is 0. The fourth-order valence-electron chi connectivity index (χ4n) is 3.36. The average Bonchev–Trinajstić information content (AvgIpc) is 2.96. The van der Waals surface area contributed by atoms with Gasteiger partial charge in [-0.2, -0.15) is 0 Å². The Bertz CT molecular complexity index is 457. The van der Waals surface area contributed by atoms with Crippen LogP contribution in [-0.2, 0) is 16.1 Å². The summed E-state index contributed by atoms with van der Waals surface area (Å²) in [6, 6.07) is 7.91. The van der Waals surface area contributed by atoms with E-state index < -0.39 is 0 Å². The molecule has 3 nitrogen and oxygen atoms in total. The molecule has 2 fully saturated rings. The van der Waals surface area contributed by atoms with E-state index in [1.54, 1.807) is 7.11 Å². The van der Waals surface area contributed by atoms with Crippen LogP contribution >= 0.6 is 0 Å². The van der Waals surface area contributed by atoms with Gasteiger partial charge < -0.3 is 9.47 Å². The zero-order valence-electron chi connectivity index (χ0n) is 11.4. The zero-order chi connectivity index (χ0) is 13.3. The van der Waals surface area contributed by atoms with Gasteiger partial charge in [-0.05, 0) is 30.5 Å². The molecule has 3 heteroatoms. The number of hydrogen-bond acceptors (Lipinski definition) is 3. The van der Waals surface area contributed by atoms with Gasteiger partial charge in [0.05, 0.1) is 25.2 Å². The second kappa shape index (κ2) is 4.97. The Morgan fingerprint density at radius 1 is 1.21 bits per heavy atom. The third-order valence-electron chi connectivity index (χ3n) is 4.65. The van der Waals surface area contributed by atoms with E-state index in [0.717, 1.165) is 24.2 Å². The van der Waals surface area contributed by atoms with Crippen molar-refractivity contribution in [3.05, 3.63) is 29.8 Å². The van der Waals surface area contributed by atoms with E-state index in [1.165, 1.54) is 12.8 Å². The van der Waals surface area contributed by atoms with E-state index in [-0.39, 0.29) is 11.5 Å². The van der Waals surface area contributed by atoms with Crippen molar-refractivity contribution in [2.24, 2.45) is 5.41 Å². The molecule has 0 N–H and O–H groups in total. The predicted octanol–water partition coefficient (Wildman–Crippen LogP) is 3.11. The molecule has 2 aliphatic rings. The number of ether oxygens (including phenoxy) is 2. The van der Waals surface area contributed by atoms with Crippen LogP contribution in [-0.4, -0.2) is 19.0 Å². The maximum absolute atomic E-state index is 11.9. The molecule has 0 saturated heterocycles. The van der Waals surface area contributed by atoms with Gasteiger partial charge in [0.2, 0.25) is 0 Å². The van der Waals surface area contributed by atoms with Gasteiger partial charge in [0.15, 0.2) is 0 Å². The summed E-state index contributed by atoms with van der Waals surface area (Å²) in [5.74, 6) is 1.28. The quantitative estimate of drug-likeness (QED) is 0.834. The van der Waals surface area contributed by atoms with Crippen molar-refractivity contribution < 1.29 is 14.3 Å². The van der Waals surface area contributed by atoms with Crippen molar-refractivity contribution >= 4 is 5.78 Å². The summed E-state index contributed by atoms with van der Waals surface area (Å²) in [5.41, 5.74) is 1.01. The van der Waals surface area contributed by atoms with Gasteiger partial charge in [0.25, 0.3) is 0 Å². The van der Waals surface area contributed by atoms with Crippen molar-refractivity contribution in [1.82, 2.24) is 0 Å². The number of rotatable bonds is 4. The Kier molecular flexibility index (Phi) is 3.31. The molecule has 2 saturated carbocycles. The first-order chi connectivity index (χ1) is 9.24. The number of ketones is 1. The van der Waals surface area contributed by atoms with Gasteiger partial charge in [0.1, 0.15) is 11.5 Å². The molecule has 0 aliphatic heterocycles. The maximum Gasteiger partial charge on any atom is 0.144 e. The lowest BCUT2D eigenvalue weighted by Gasteiger charge is -2.44. The highest BCUT2D eigenvalue weighted by Gasteiger charge is 2.56. The van der Waals surface area contributed by atoms with Gasteiger partial charge in [-0.3, -0.25) is 4.79 Å². The van der Waals surface area contributed by atoms with Crippen LogP contribution in [0.5, 0.6) is 5.75 Å². The summed E-state index contributed by atoms with van der Waals surface area (Å²) in [4.78, 5) is 11.9. The lowest BCUT2D eigenvalue weighted by Crippen LogP contribution is -2.53. The van der Waals surface area contributed by atoms with Gasteiger partial charge in [-0.25, -0.2) is 0 Å². The first-order valence-corrected chi connectivity index (χ1v) is 7.02. The number of carbonyl (C=O) groups excluding carboxylic acids is 1. The zero-order valence-corrected chi connectivity index (χ0v) is 11.4. The highest BCUT2D eigenvalue weighted by Crippen LogP contribution is 2.52. The van der Waals surface area contributed by atoms with E-state index in [4.69, 9.17) is 9.47 Å². The van der Waals surface area contributed by atoms with Crippen LogP contribution in [0.2, 0.25) is 0 Å². The number of Topliss-reactive ketones (excluding diaryl/α,β-unsaturated/α-hetero) is 1. The van der Waals surface area contributed by atoms with E-state index in [1.807, 2.05) is 24.3 Å². The molecular formula is C16H20O3. The Balaban J connectivity index is 1.59. The van der Waals surface area contributed by atoms with Crippen molar-refractivity contribution in [3.8, 4) is 5.75 Å². The minimum Gasteiger partial charge on any atom is -0.497 e. The lowest BCUT2D eigenvalue weighted by molar-refractivity contribution is -0.164. The van der Waals surface area contributed by atoms with Crippen LogP contribution in [0.4, 0.5) is 0 Å². The average molecular weight is 260 g/mol. The monoisotopic (exact) mass is 260 g/mol. The molecule has 0 heterocycles. The van der Waals surface area contributed by atoms with Crippen LogP contribution in [0.1, 0.15) is 37.7 Å². The predicted molar refractivity (Wildman–Crippen MR) is 72.1 cm³/mol. The van der Waals surface area contributed by atoms with Crippen LogP contribution < -0.4 is 4.74 Å². The number of benzene rings is 1. The van der Waals surface area contributed by atoms with Crippen LogP contribution in [0.3, 0.4) is 0 Å². The Morgan fingerprint density at radius 2 is 1.89 bits per heavy atom. The normalized spacial score (nSPS) is 24.5. The van der Waals surface area contributed by atoms with Gasteiger partial charge >= 0.3 is 0 Å². The van der Waals surface area contributed by atoms with E-state index in [2.05, 4.69) is 0 Å². The smallest absolute Gasteiger partial charge is 0.144 e. The lowest BCUT2D eigenvalue weighted by atomic mass is 9.63. The SMILES string of the molecule is COc1ccc(COC2CC(=O)C23CCCC3)cc1. The Hall–Kier alpha value is -1.35. The molecule has 2 aliphatic carbocycles. The number of carbonyl (C=O) groups is 1. The fourth-order valence-corrected chi connectivity index (χ4v) is 3.36. The molecule has 102 valence electrons. The third kappa shape index (κ3) is 2.16. The topological polar surface area (TPSA) is 35.5 Å². The summed E-state index contributed by atoms with van der Waals surface area (Å²) in [7, 11) is 1.66. The molecule has 0 aromatic heterocycles. The highest BCUT2D eigenvalue weighted by atomic mass is 16.5. The molecular weight excluding hydrogens is 240 g/mol.